The molecule has 0 fully saturated rings. The first kappa shape index (κ1) is 20.1. The largest absolute Gasteiger partial charge is 0.471 e. The molecule has 4 nitrogen and oxygen atoms in total. The van der Waals surface area contributed by atoms with E-state index in [9.17, 15) is 22.8 Å². The highest BCUT2D eigenvalue weighted by molar-refractivity contribution is 6.03. The van der Waals surface area contributed by atoms with Crippen LogP contribution in [0, 0.1) is 0 Å². The SMILES string of the molecule is O=C(Nc1ccccc1NC(=O)C(F)(F)F)C(c1ccccc1)c1ccccc1. The van der Waals surface area contributed by atoms with Crippen LogP contribution in [-0.2, 0) is 9.59 Å². The Morgan fingerprint density at radius 2 is 1.07 bits per heavy atom. The molecule has 3 rings (SSSR count). The van der Waals surface area contributed by atoms with Crippen LogP contribution in [0.2, 0.25) is 0 Å². The summed E-state index contributed by atoms with van der Waals surface area (Å²) in [6, 6.07) is 23.8. The van der Waals surface area contributed by atoms with Crippen LogP contribution in [0.3, 0.4) is 0 Å². The fourth-order valence-corrected chi connectivity index (χ4v) is 2.89. The summed E-state index contributed by atoms with van der Waals surface area (Å²) in [6.45, 7) is 0. The van der Waals surface area contributed by atoms with Crippen molar-refractivity contribution in [2.24, 2.45) is 0 Å². The van der Waals surface area contributed by atoms with Gasteiger partial charge in [0.25, 0.3) is 0 Å². The quantitative estimate of drug-likeness (QED) is 0.638. The van der Waals surface area contributed by atoms with E-state index in [1.165, 1.54) is 18.2 Å². The number of amides is 2. The molecule has 0 saturated carbocycles. The van der Waals surface area contributed by atoms with Gasteiger partial charge in [-0.25, -0.2) is 0 Å². The third kappa shape index (κ3) is 5.01. The van der Waals surface area contributed by atoms with Gasteiger partial charge in [0.1, 0.15) is 0 Å². The van der Waals surface area contributed by atoms with Gasteiger partial charge in [-0.1, -0.05) is 72.8 Å². The number of hydrogen-bond acceptors (Lipinski definition) is 2. The Balaban J connectivity index is 1.91. The van der Waals surface area contributed by atoms with Crippen molar-refractivity contribution in [3.63, 3.8) is 0 Å². The van der Waals surface area contributed by atoms with Crippen LogP contribution in [-0.4, -0.2) is 18.0 Å². The lowest BCUT2D eigenvalue weighted by molar-refractivity contribution is -0.167. The molecule has 0 heterocycles. The molecule has 0 aromatic heterocycles. The molecule has 0 aliphatic carbocycles. The van der Waals surface area contributed by atoms with E-state index < -0.39 is 23.9 Å². The molecule has 0 unspecified atom stereocenters. The van der Waals surface area contributed by atoms with Gasteiger partial charge in [0, 0.05) is 0 Å². The smallest absolute Gasteiger partial charge is 0.323 e. The molecule has 3 aromatic carbocycles. The summed E-state index contributed by atoms with van der Waals surface area (Å²) in [6.07, 6.45) is -5.03. The van der Waals surface area contributed by atoms with Crippen LogP contribution in [0.4, 0.5) is 24.5 Å². The summed E-state index contributed by atoms with van der Waals surface area (Å²) in [5, 5.41) is 4.44. The van der Waals surface area contributed by atoms with Crippen molar-refractivity contribution in [3.05, 3.63) is 96.1 Å². The summed E-state index contributed by atoms with van der Waals surface area (Å²) in [5.41, 5.74) is 1.40. The first-order chi connectivity index (χ1) is 13.9. The number of carbonyl (C=O) groups is 2. The van der Waals surface area contributed by atoms with Crippen molar-refractivity contribution in [1.29, 1.82) is 0 Å². The molecule has 0 radical (unpaired) electrons. The Labute approximate surface area is 165 Å². The maximum absolute atomic E-state index is 13.1. The second-order valence-electron chi connectivity index (χ2n) is 6.24. The summed E-state index contributed by atoms with van der Waals surface area (Å²) in [7, 11) is 0. The van der Waals surface area contributed by atoms with E-state index in [0.29, 0.717) is 0 Å². The Hall–Kier alpha value is -3.61. The molecule has 0 bridgehead atoms. The van der Waals surface area contributed by atoms with Crippen molar-refractivity contribution < 1.29 is 22.8 Å². The number of para-hydroxylation sites is 2. The predicted molar refractivity (Wildman–Crippen MR) is 104 cm³/mol. The van der Waals surface area contributed by atoms with Gasteiger partial charge in [0.2, 0.25) is 5.91 Å². The number of halogens is 3. The highest BCUT2D eigenvalue weighted by Crippen LogP contribution is 2.29. The highest BCUT2D eigenvalue weighted by atomic mass is 19.4. The summed E-state index contributed by atoms with van der Waals surface area (Å²) in [4.78, 5) is 24.4. The second-order valence-corrected chi connectivity index (χ2v) is 6.24. The molecule has 0 saturated heterocycles. The zero-order valence-electron chi connectivity index (χ0n) is 15.1. The Morgan fingerprint density at radius 1 is 0.655 bits per heavy atom. The molecule has 2 amide bonds. The third-order valence-electron chi connectivity index (χ3n) is 4.22. The van der Waals surface area contributed by atoms with Gasteiger partial charge in [0.15, 0.2) is 0 Å². The Bertz CT molecular complexity index is 950. The van der Waals surface area contributed by atoms with E-state index in [1.54, 1.807) is 59.9 Å². The third-order valence-corrected chi connectivity index (χ3v) is 4.22. The molecular formula is C22H17F3N2O2. The minimum absolute atomic E-state index is 0.0759. The topological polar surface area (TPSA) is 58.2 Å². The van der Waals surface area contributed by atoms with Crippen LogP contribution < -0.4 is 10.6 Å². The van der Waals surface area contributed by atoms with Gasteiger partial charge >= 0.3 is 12.1 Å². The lowest BCUT2D eigenvalue weighted by Gasteiger charge is -2.19. The molecule has 2 N–H and O–H groups in total. The summed E-state index contributed by atoms with van der Waals surface area (Å²) >= 11 is 0. The molecule has 0 aliphatic heterocycles. The number of anilines is 2. The van der Waals surface area contributed by atoms with Gasteiger partial charge < -0.3 is 10.6 Å². The van der Waals surface area contributed by atoms with E-state index in [4.69, 9.17) is 0 Å². The fraction of sp³-hybridized carbons (Fsp3) is 0.0909. The summed E-state index contributed by atoms with van der Waals surface area (Å²) < 4.78 is 37.8. The maximum atomic E-state index is 13.1. The standard InChI is InChI=1S/C22H17F3N2O2/c23-22(24,25)21(29)27-18-14-8-7-13-17(18)26-20(28)19(15-9-3-1-4-10-15)16-11-5-2-6-12-16/h1-14,19H,(H,26,28)(H,27,29). The lowest BCUT2D eigenvalue weighted by Crippen LogP contribution is -2.30. The molecule has 0 atom stereocenters. The lowest BCUT2D eigenvalue weighted by atomic mass is 9.90. The second kappa shape index (κ2) is 8.60. The molecule has 3 aromatic rings. The number of rotatable bonds is 5. The van der Waals surface area contributed by atoms with Gasteiger partial charge in [-0.3, -0.25) is 9.59 Å². The van der Waals surface area contributed by atoms with Crippen LogP contribution >= 0.6 is 0 Å². The van der Waals surface area contributed by atoms with Crippen molar-refractivity contribution in [3.8, 4) is 0 Å². The molecular weight excluding hydrogens is 381 g/mol. The zero-order valence-corrected chi connectivity index (χ0v) is 15.1. The van der Waals surface area contributed by atoms with E-state index in [2.05, 4.69) is 5.32 Å². The average molecular weight is 398 g/mol. The molecule has 0 spiro atoms. The predicted octanol–water partition coefficient (Wildman–Crippen LogP) is 4.96. The van der Waals surface area contributed by atoms with Crippen LogP contribution in [0.25, 0.3) is 0 Å². The van der Waals surface area contributed by atoms with Crippen molar-refractivity contribution >= 4 is 23.2 Å². The van der Waals surface area contributed by atoms with Crippen LogP contribution in [0.15, 0.2) is 84.9 Å². The number of hydrogen-bond donors (Lipinski definition) is 2. The molecule has 7 heteroatoms. The van der Waals surface area contributed by atoms with Crippen LogP contribution in [0.1, 0.15) is 17.0 Å². The molecule has 29 heavy (non-hydrogen) atoms. The minimum atomic E-state index is -5.03. The number of benzene rings is 3. The van der Waals surface area contributed by atoms with Gasteiger partial charge in [-0.05, 0) is 23.3 Å². The first-order valence-corrected chi connectivity index (χ1v) is 8.74. The van der Waals surface area contributed by atoms with E-state index in [0.717, 1.165) is 11.1 Å². The van der Waals surface area contributed by atoms with Crippen LogP contribution in [0.5, 0.6) is 0 Å². The van der Waals surface area contributed by atoms with E-state index in [-0.39, 0.29) is 11.4 Å². The number of alkyl halides is 3. The zero-order chi connectivity index (χ0) is 20.9. The minimum Gasteiger partial charge on any atom is -0.323 e. The van der Waals surface area contributed by atoms with Crippen molar-refractivity contribution in [1.82, 2.24) is 0 Å². The van der Waals surface area contributed by atoms with Crippen molar-refractivity contribution in [2.45, 2.75) is 12.1 Å². The van der Waals surface area contributed by atoms with Gasteiger partial charge in [-0.2, -0.15) is 13.2 Å². The normalized spacial score (nSPS) is 11.2. The number of carbonyl (C=O) groups excluding carboxylic acids is 2. The van der Waals surface area contributed by atoms with E-state index in [1.807, 2.05) is 12.1 Å². The average Bonchev–Trinajstić information content (AvgIpc) is 2.70. The fourth-order valence-electron chi connectivity index (χ4n) is 2.89. The maximum Gasteiger partial charge on any atom is 0.471 e. The Kier molecular flexibility index (Phi) is 5.97. The van der Waals surface area contributed by atoms with Crippen molar-refractivity contribution in [2.75, 3.05) is 10.6 Å². The van der Waals surface area contributed by atoms with Gasteiger partial charge in [0.05, 0.1) is 17.3 Å². The van der Waals surface area contributed by atoms with Gasteiger partial charge in [-0.15, -0.1) is 0 Å². The monoisotopic (exact) mass is 398 g/mol. The molecule has 148 valence electrons. The van der Waals surface area contributed by atoms with E-state index >= 15 is 0 Å². The molecule has 0 aliphatic rings. The highest BCUT2D eigenvalue weighted by Gasteiger charge is 2.39. The number of nitrogens with one attached hydrogen (secondary N) is 2. The first-order valence-electron chi connectivity index (χ1n) is 8.74. The Morgan fingerprint density at radius 3 is 1.52 bits per heavy atom. The summed E-state index contributed by atoms with van der Waals surface area (Å²) in [5.74, 6) is -3.22.